The summed E-state index contributed by atoms with van der Waals surface area (Å²) in [5.41, 5.74) is 7.27. The molecule has 0 fully saturated rings. The largest absolute Gasteiger partial charge is 0.461 e. The third-order valence-corrected chi connectivity index (χ3v) is 2.26. The fourth-order valence-corrected chi connectivity index (χ4v) is 1.60. The Bertz CT molecular complexity index is 519. The van der Waals surface area contributed by atoms with Gasteiger partial charge in [0.05, 0.1) is 0 Å². The lowest BCUT2D eigenvalue weighted by Gasteiger charge is -2.04. The van der Waals surface area contributed by atoms with Crippen LogP contribution in [0.25, 0.3) is 11.3 Å². The SMILES string of the molecule is Cc1ccc(-c2cccc(NC(N)=S)c2)o1. The Morgan fingerprint density at radius 1 is 1.31 bits per heavy atom. The Labute approximate surface area is 99.3 Å². The topological polar surface area (TPSA) is 51.2 Å². The molecule has 0 unspecified atom stereocenters. The van der Waals surface area contributed by atoms with Crippen LogP contribution in [-0.4, -0.2) is 5.11 Å². The molecule has 0 amide bonds. The predicted molar refractivity (Wildman–Crippen MR) is 69.3 cm³/mol. The fourth-order valence-electron chi connectivity index (χ4n) is 1.48. The van der Waals surface area contributed by atoms with Crippen LogP contribution >= 0.6 is 12.2 Å². The molecule has 0 saturated carbocycles. The van der Waals surface area contributed by atoms with Crippen molar-refractivity contribution in [2.45, 2.75) is 6.92 Å². The van der Waals surface area contributed by atoms with E-state index in [9.17, 15) is 0 Å². The number of benzene rings is 1. The van der Waals surface area contributed by atoms with Gasteiger partial charge in [-0.3, -0.25) is 0 Å². The molecule has 3 nitrogen and oxygen atoms in total. The van der Waals surface area contributed by atoms with Crippen LogP contribution in [0.15, 0.2) is 40.8 Å². The highest BCUT2D eigenvalue weighted by Crippen LogP contribution is 2.24. The zero-order chi connectivity index (χ0) is 11.5. The first-order valence-corrected chi connectivity index (χ1v) is 5.29. The lowest BCUT2D eigenvalue weighted by molar-refractivity contribution is 0.548. The molecule has 1 heterocycles. The lowest BCUT2D eigenvalue weighted by Crippen LogP contribution is -2.18. The molecule has 1 aromatic heterocycles. The molecule has 0 radical (unpaired) electrons. The summed E-state index contributed by atoms with van der Waals surface area (Å²) in [6, 6.07) is 11.6. The number of hydrogen-bond donors (Lipinski definition) is 2. The van der Waals surface area contributed by atoms with Crippen LogP contribution in [0.4, 0.5) is 5.69 Å². The van der Waals surface area contributed by atoms with E-state index in [1.54, 1.807) is 0 Å². The van der Waals surface area contributed by atoms with E-state index < -0.39 is 0 Å². The van der Waals surface area contributed by atoms with E-state index in [2.05, 4.69) is 5.32 Å². The molecule has 0 spiro atoms. The van der Waals surface area contributed by atoms with Crippen molar-refractivity contribution in [3.63, 3.8) is 0 Å². The summed E-state index contributed by atoms with van der Waals surface area (Å²) in [6.07, 6.45) is 0. The van der Waals surface area contributed by atoms with Gasteiger partial charge in [0.2, 0.25) is 0 Å². The maximum Gasteiger partial charge on any atom is 0.168 e. The first-order chi connectivity index (χ1) is 7.65. The third kappa shape index (κ3) is 2.41. The van der Waals surface area contributed by atoms with Gasteiger partial charge in [0.25, 0.3) is 0 Å². The molecule has 0 aliphatic rings. The predicted octanol–water partition coefficient (Wildman–Crippen LogP) is 2.91. The molecule has 0 atom stereocenters. The normalized spacial score (nSPS) is 10.1. The second-order valence-corrected chi connectivity index (χ2v) is 3.92. The Morgan fingerprint density at radius 2 is 2.12 bits per heavy atom. The lowest BCUT2D eigenvalue weighted by atomic mass is 10.1. The van der Waals surface area contributed by atoms with Gasteiger partial charge in [-0.05, 0) is 43.4 Å². The number of anilines is 1. The standard InChI is InChI=1S/C12H12N2OS/c1-8-5-6-11(15-8)9-3-2-4-10(7-9)14-12(13)16/h2-7H,1H3,(H3,13,14,16). The molecule has 0 aliphatic carbocycles. The molecule has 2 rings (SSSR count). The molecular formula is C12H12N2OS. The van der Waals surface area contributed by atoms with Crippen molar-refractivity contribution in [3.05, 3.63) is 42.2 Å². The number of nitrogens with one attached hydrogen (secondary N) is 1. The van der Waals surface area contributed by atoms with Crippen molar-refractivity contribution in [3.8, 4) is 11.3 Å². The summed E-state index contributed by atoms with van der Waals surface area (Å²) in [6.45, 7) is 1.92. The minimum Gasteiger partial charge on any atom is -0.461 e. The highest BCUT2D eigenvalue weighted by Gasteiger charge is 2.03. The summed E-state index contributed by atoms with van der Waals surface area (Å²) < 4.78 is 5.54. The molecule has 2 aromatic rings. The van der Waals surface area contributed by atoms with Gasteiger partial charge in [-0.2, -0.15) is 0 Å². The zero-order valence-corrected chi connectivity index (χ0v) is 9.67. The number of nitrogens with two attached hydrogens (primary N) is 1. The Kier molecular flexibility index (Phi) is 2.92. The molecule has 16 heavy (non-hydrogen) atoms. The number of thiocarbonyl (C=S) groups is 1. The summed E-state index contributed by atoms with van der Waals surface area (Å²) in [4.78, 5) is 0. The average Bonchev–Trinajstić information content (AvgIpc) is 2.64. The van der Waals surface area contributed by atoms with Crippen LogP contribution in [0.1, 0.15) is 5.76 Å². The Balaban J connectivity index is 2.32. The van der Waals surface area contributed by atoms with E-state index >= 15 is 0 Å². The van der Waals surface area contributed by atoms with Crippen LogP contribution in [0.3, 0.4) is 0 Å². The van der Waals surface area contributed by atoms with Crippen molar-refractivity contribution in [2.75, 3.05) is 5.32 Å². The minimum absolute atomic E-state index is 0.257. The van der Waals surface area contributed by atoms with Crippen molar-refractivity contribution in [2.24, 2.45) is 5.73 Å². The van der Waals surface area contributed by atoms with Gasteiger partial charge in [0, 0.05) is 11.3 Å². The quantitative estimate of drug-likeness (QED) is 0.782. The highest BCUT2D eigenvalue weighted by atomic mass is 32.1. The van der Waals surface area contributed by atoms with E-state index in [0.29, 0.717) is 0 Å². The number of rotatable bonds is 2. The second-order valence-electron chi connectivity index (χ2n) is 3.48. The summed E-state index contributed by atoms with van der Waals surface area (Å²) in [7, 11) is 0. The zero-order valence-electron chi connectivity index (χ0n) is 8.86. The molecule has 82 valence electrons. The van der Waals surface area contributed by atoms with Crippen LogP contribution < -0.4 is 11.1 Å². The molecule has 0 saturated heterocycles. The molecular weight excluding hydrogens is 220 g/mol. The average molecular weight is 232 g/mol. The van der Waals surface area contributed by atoms with Crippen molar-refractivity contribution in [1.82, 2.24) is 0 Å². The third-order valence-electron chi connectivity index (χ3n) is 2.15. The molecule has 4 heteroatoms. The first kappa shape index (κ1) is 10.7. The van der Waals surface area contributed by atoms with E-state index in [1.165, 1.54) is 0 Å². The summed E-state index contributed by atoms with van der Waals surface area (Å²) in [5.74, 6) is 1.73. The van der Waals surface area contributed by atoms with Gasteiger partial charge in [-0.25, -0.2) is 0 Å². The van der Waals surface area contributed by atoms with Crippen molar-refractivity contribution >= 4 is 23.0 Å². The van der Waals surface area contributed by atoms with Crippen LogP contribution in [0.5, 0.6) is 0 Å². The van der Waals surface area contributed by atoms with Gasteiger partial charge in [-0.1, -0.05) is 12.1 Å². The van der Waals surface area contributed by atoms with Gasteiger partial charge in [0.15, 0.2) is 5.11 Å². The van der Waals surface area contributed by atoms with E-state index in [-0.39, 0.29) is 5.11 Å². The first-order valence-electron chi connectivity index (χ1n) is 4.88. The Morgan fingerprint density at radius 3 is 2.75 bits per heavy atom. The fraction of sp³-hybridized carbons (Fsp3) is 0.0833. The second kappa shape index (κ2) is 4.37. The van der Waals surface area contributed by atoms with Crippen molar-refractivity contribution in [1.29, 1.82) is 0 Å². The molecule has 0 aliphatic heterocycles. The molecule has 0 bridgehead atoms. The van der Waals surface area contributed by atoms with Gasteiger partial charge in [-0.15, -0.1) is 0 Å². The van der Waals surface area contributed by atoms with E-state index in [1.807, 2.05) is 43.3 Å². The van der Waals surface area contributed by atoms with E-state index in [4.69, 9.17) is 22.4 Å². The molecule has 3 N–H and O–H groups in total. The smallest absolute Gasteiger partial charge is 0.168 e. The monoisotopic (exact) mass is 232 g/mol. The van der Waals surface area contributed by atoms with Crippen LogP contribution in [-0.2, 0) is 0 Å². The summed E-state index contributed by atoms with van der Waals surface area (Å²) in [5, 5.41) is 3.15. The minimum atomic E-state index is 0.257. The molecule has 1 aromatic carbocycles. The van der Waals surface area contributed by atoms with Crippen LogP contribution in [0, 0.1) is 6.92 Å². The van der Waals surface area contributed by atoms with Gasteiger partial charge in [0.1, 0.15) is 11.5 Å². The summed E-state index contributed by atoms with van der Waals surface area (Å²) >= 11 is 4.78. The maximum absolute atomic E-state index is 5.54. The van der Waals surface area contributed by atoms with Crippen molar-refractivity contribution < 1.29 is 4.42 Å². The number of aryl methyl sites for hydroxylation is 1. The number of hydrogen-bond acceptors (Lipinski definition) is 2. The maximum atomic E-state index is 5.54. The Hall–Kier alpha value is -1.81. The highest BCUT2D eigenvalue weighted by molar-refractivity contribution is 7.80. The van der Waals surface area contributed by atoms with E-state index in [0.717, 1.165) is 22.8 Å². The number of furan rings is 1. The van der Waals surface area contributed by atoms with Gasteiger partial charge < -0.3 is 15.5 Å². The van der Waals surface area contributed by atoms with Crippen LogP contribution in [0.2, 0.25) is 0 Å². The van der Waals surface area contributed by atoms with Gasteiger partial charge >= 0.3 is 0 Å².